The lowest BCUT2D eigenvalue weighted by Crippen LogP contribution is -2.19. The maximum atomic E-state index is 13.4. The van der Waals surface area contributed by atoms with Crippen molar-refractivity contribution in [2.75, 3.05) is 7.11 Å². The van der Waals surface area contributed by atoms with Crippen LogP contribution in [0.1, 0.15) is 16.7 Å². The van der Waals surface area contributed by atoms with Crippen molar-refractivity contribution in [3.8, 4) is 16.9 Å². The minimum Gasteiger partial charge on any atom is -0.496 e. The molecular weight excluding hydrogens is 322 g/mol. The fourth-order valence-corrected chi connectivity index (χ4v) is 2.30. The number of methoxy groups -OCH3 is 1. The third kappa shape index (κ3) is 3.43. The fraction of sp³-hybridized carbons (Fsp3) is 0.250. The molecule has 0 bridgehead atoms. The Balaban J connectivity index is 2.86. The molecule has 0 unspecified atom stereocenters. The van der Waals surface area contributed by atoms with Crippen molar-refractivity contribution >= 4 is 0 Å². The zero-order chi connectivity index (χ0) is 17.4. The number of alkyl halides is 6. The van der Waals surface area contributed by atoms with Crippen LogP contribution in [0.25, 0.3) is 11.1 Å². The van der Waals surface area contributed by atoms with E-state index in [0.717, 1.165) is 24.8 Å². The van der Waals surface area contributed by atoms with Crippen LogP contribution >= 0.6 is 0 Å². The molecule has 23 heavy (non-hydrogen) atoms. The molecule has 0 aliphatic heterocycles. The molecule has 0 N–H and O–H groups in total. The normalized spacial score (nSPS) is 12.3. The van der Waals surface area contributed by atoms with Gasteiger partial charge in [0.05, 0.1) is 12.7 Å². The number of benzene rings is 2. The van der Waals surface area contributed by atoms with Gasteiger partial charge in [-0.15, -0.1) is 0 Å². The second-order valence-electron chi connectivity index (χ2n) is 4.93. The van der Waals surface area contributed by atoms with E-state index >= 15 is 0 Å². The van der Waals surface area contributed by atoms with Gasteiger partial charge in [0.25, 0.3) is 0 Å². The summed E-state index contributed by atoms with van der Waals surface area (Å²) in [4.78, 5) is 0. The summed E-state index contributed by atoms with van der Waals surface area (Å²) >= 11 is 0. The van der Waals surface area contributed by atoms with Crippen molar-refractivity contribution in [2.24, 2.45) is 0 Å². The first-order valence-corrected chi connectivity index (χ1v) is 6.48. The van der Waals surface area contributed by atoms with E-state index in [9.17, 15) is 26.3 Å². The zero-order valence-electron chi connectivity index (χ0n) is 12.1. The van der Waals surface area contributed by atoms with Gasteiger partial charge < -0.3 is 4.74 Å². The summed E-state index contributed by atoms with van der Waals surface area (Å²) in [6.07, 6.45) is -10.4. The molecule has 0 spiro atoms. The minimum absolute atomic E-state index is 0.0519. The van der Waals surface area contributed by atoms with E-state index < -0.39 is 34.8 Å². The van der Waals surface area contributed by atoms with E-state index in [1.807, 2.05) is 0 Å². The van der Waals surface area contributed by atoms with Crippen LogP contribution in [0, 0.1) is 6.92 Å². The van der Waals surface area contributed by atoms with Crippen molar-refractivity contribution < 1.29 is 31.1 Å². The monoisotopic (exact) mass is 334 g/mol. The van der Waals surface area contributed by atoms with Gasteiger partial charge in [0.15, 0.2) is 0 Å². The third-order valence-electron chi connectivity index (χ3n) is 3.32. The van der Waals surface area contributed by atoms with Crippen LogP contribution < -0.4 is 4.74 Å². The maximum Gasteiger partial charge on any atom is 0.420 e. The molecule has 0 aliphatic carbocycles. The number of hydrogen-bond donors (Lipinski definition) is 0. The third-order valence-corrected chi connectivity index (χ3v) is 3.32. The Morgan fingerprint density at radius 2 is 1.26 bits per heavy atom. The molecule has 124 valence electrons. The lowest BCUT2D eigenvalue weighted by Gasteiger charge is -2.21. The fourth-order valence-electron chi connectivity index (χ4n) is 2.30. The van der Waals surface area contributed by atoms with E-state index in [1.165, 1.54) is 24.3 Å². The van der Waals surface area contributed by atoms with Crippen LogP contribution in [-0.2, 0) is 12.4 Å². The van der Waals surface area contributed by atoms with Gasteiger partial charge in [0.1, 0.15) is 11.3 Å². The number of hydrogen-bond acceptors (Lipinski definition) is 1. The van der Waals surface area contributed by atoms with Crippen molar-refractivity contribution in [2.45, 2.75) is 19.3 Å². The van der Waals surface area contributed by atoms with Gasteiger partial charge in [-0.1, -0.05) is 35.9 Å². The van der Waals surface area contributed by atoms with Crippen molar-refractivity contribution in [1.82, 2.24) is 0 Å². The number of aryl methyl sites for hydroxylation is 1. The molecule has 0 aliphatic rings. The largest absolute Gasteiger partial charge is 0.496 e. The first kappa shape index (κ1) is 17.2. The summed E-state index contributed by atoms with van der Waals surface area (Å²) in [5.41, 5.74) is -3.26. The molecule has 0 saturated carbocycles. The van der Waals surface area contributed by atoms with Crippen LogP contribution in [0.3, 0.4) is 0 Å². The van der Waals surface area contributed by atoms with Crippen molar-refractivity contribution in [1.29, 1.82) is 0 Å². The molecule has 0 amide bonds. The van der Waals surface area contributed by atoms with Crippen LogP contribution in [0.2, 0.25) is 0 Å². The molecule has 0 radical (unpaired) electrons. The smallest absolute Gasteiger partial charge is 0.420 e. The van der Waals surface area contributed by atoms with E-state index in [0.29, 0.717) is 0 Å². The summed E-state index contributed by atoms with van der Waals surface area (Å²) in [7, 11) is 0.899. The lowest BCUT2D eigenvalue weighted by atomic mass is 9.93. The molecule has 7 heteroatoms. The van der Waals surface area contributed by atoms with Gasteiger partial charge in [-0.25, -0.2) is 0 Å². The molecule has 0 atom stereocenters. The van der Waals surface area contributed by atoms with Crippen LogP contribution in [0.5, 0.6) is 5.75 Å². The van der Waals surface area contributed by atoms with Crippen LogP contribution in [-0.4, -0.2) is 7.11 Å². The van der Waals surface area contributed by atoms with E-state index in [2.05, 4.69) is 4.74 Å². The highest BCUT2D eigenvalue weighted by Crippen LogP contribution is 2.48. The summed E-state index contributed by atoms with van der Waals surface area (Å²) < 4.78 is 84.2. The van der Waals surface area contributed by atoms with Gasteiger partial charge in [0, 0.05) is 0 Å². The molecule has 1 nitrogen and oxygen atoms in total. The van der Waals surface area contributed by atoms with E-state index in [1.54, 1.807) is 6.92 Å². The topological polar surface area (TPSA) is 9.23 Å². The van der Waals surface area contributed by atoms with Gasteiger partial charge in [-0.2, -0.15) is 26.3 Å². The Bertz CT molecular complexity index is 698. The average molecular weight is 334 g/mol. The Labute approximate surface area is 128 Å². The second kappa shape index (κ2) is 5.79. The molecule has 2 aromatic rings. The van der Waals surface area contributed by atoms with Gasteiger partial charge in [-0.05, 0) is 24.1 Å². The lowest BCUT2D eigenvalue weighted by molar-refractivity contribution is -0.162. The van der Waals surface area contributed by atoms with Crippen molar-refractivity contribution in [3.05, 3.63) is 53.1 Å². The molecule has 0 heterocycles. The molecule has 0 saturated heterocycles. The Hall–Kier alpha value is -2.18. The van der Waals surface area contributed by atoms with E-state index in [4.69, 9.17) is 0 Å². The van der Waals surface area contributed by atoms with Crippen LogP contribution in [0.15, 0.2) is 36.4 Å². The average Bonchev–Trinajstić information content (AvgIpc) is 2.44. The predicted molar refractivity (Wildman–Crippen MR) is 73.2 cm³/mol. The summed E-state index contributed by atoms with van der Waals surface area (Å²) in [6.45, 7) is 1.73. The Kier molecular flexibility index (Phi) is 4.32. The highest BCUT2D eigenvalue weighted by atomic mass is 19.4. The molecule has 0 aromatic heterocycles. The van der Waals surface area contributed by atoms with E-state index in [-0.39, 0.29) is 5.56 Å². The quantitative estimate of drug-likeness (QED) is 0.639. The van der Waals surface area contributed by atoms with Gasteiger partial charge in [0.2, 0.25) is 0 Å². The predicted octanol–water partition coefficient (Wildman–Crippen LogP) is 5.71. The van der Waals surface area contributed by atoms with Crippen LogP contribution in [0.4, 0.5) is 26.3 Å². The van der Waals surface area contributed by atoms with Gasteiger partial charge in [-0.3, -0.25) is 0 Å². The molecule has 2 aromatic carbocycles. The van der Waals surface area contributed by atoms with Crippen molar-refractivity contribution in [3.63, 3.8) is 0 Å². The molecule has 2 rings (SSSR count). The SMILES string of the molecule is COc1ccc(-c2ccc(C)cc2)c(C(F)(F)F)c1C(F)(F)F. The summed E-state index contributed by atoms with van der Waals surface area (Å²) in [6, 6.07) is 7.66. The number of rotatable bonds is 2. The maximum absolute atomic E-state index is 13.4. The molecular formula is C16H12F6O. The second-order valence-corrected chi connectivity index (χ2v) is 4.93. The Morgan fingerprint density at radius 1 is 0.739 bits per heavy atom. The number of halogens is 6. The first-order chi connectivity index (χ1) is 10.6. The Morgan fingerprint density at radius 3 is 1.70 bits per heavy atom. The summed E-state index contributed by atoms with van der Waals surface area (Å²) in [5.74, 6) is -0.860. The minimum atomic E-state index is -5.20. The first-order valence-electron chi connectivity index (χ1n) is 6.48. The highest BCUT2D eigenvalue weighted by Gasteiger charge is 2.47. The zero-order valence-corrected chi connectivity index (χ0v) is 12.1. The number of ether oxygens (including phenoxy) is 1. The molecule has 0 fully saturated rings. The van der Waals surface area contributed by atoms with Gasteiger partial charge >= 0.3 is 12.4 Å². The standard InChI is InChI=1S/C16H12F6O/c1-9-3-5-10(6-4-9)11-7-8-12(23-2)14(16(20,21)22)13(11)15(17,18)19/h3-8H,1-2H3. The summed E-state index contributed by atoms with van der Waals surface area (Å²) in [5, 5.41) is 0. The highest BCUT2D eigenvalue weighted by molar-refractivity contribution is 5.72.